The van der Waals surface area contributed by atoms with E-state index in [1.807, 2.05) is 0 Å². The third kappa shape index (κ3) is 4.47. The van der Waals surface area contributed by atoms with Gasteiger partial charge in [0.25, 0.3) is 0 Å². The molecule has 26 heavy (non-hydrogen) atoms. The van der Waals surface area contributed by atoms with Crippen molar-refractivity contribution < 1.29 is 22.8 Å². The Kier molecular flexibility index (Phi) is 6.50. The van der Waals surface area contributed by atoms with Gasteiger partial charge in [0, 0.05) is 16.0 Å². The molecule has 7 heteroatoms. The van der Waals surface area contributed by atoms with E-state index in [9.17, 15) is 22.8 Å². The molecule has 134 valence electrons. The number of carbonyl (C=O) groups excluding carboxylic acids is 2. The van der Waals surface area contributed by atoms with Crippen LogP contribution in [0.5, 0.6) is 0 Å². The maximum atomic E-state index is 14.4. The molecule has 0 saturated carbocycles. The van der Waals surface area contributed by atoms with E-state index in [4.69, 9.17) is 0 Å². The normalized spacial score (nSPS) is 10.5. The molecule has 0 fully saturated rings. The Morgan fingerprint density at radius 2 is 1.65 bits per heavy atom. The van der Waals surface area contributed by atoms with E-state index < -0.39 is 22.6 Å². The summed E-state index contributed by atoms with van der Waals surface area (Å²) >= 11 is 1.28. The highest BCUT2D eigenvalue weighted by Gasteiger charge is 2.19. The SMILES string of the molecule is C=CC(=O)Sc1ccc(-c2ccc(SC(=O)C(=C)C)c(F)c2F)c(F)c1. The van der Waals surface area contributed by atoms with E-state index in [0.717, 1.165) is 23.9 Å². The van der Waals surface area contributed by atoms with E-state index in [1.165, 1.54) is 31.2 Å². The molecule has 0 amide bonds. The predicted molar refractivity (Wildman–Crippen MR) is 98.5 cm³/mol. The van der Waals surface area contributed by atoms with Crippen LogP contribution in [0.3, 0.4) is 0 Å². The first-order chi connectivity index (χ1) is 12.2. The average Bonchev–Trinajstić information content (AvgIpc) is 2.59. The van der Waals surface area contributed by atoms with Gasteiger partial charge in [-0.15, -0.1) is 0 Å². The van der Waals surface area contributed by atoms with Crippen molar-refractivity contribution in [1.82, 2.24) is 0 Å². The molecule has 0 unspecified atom stereocenters. The van der Waals surface area contributed by atoms with Crippen molar-refractivity contribution in [2.45, 2.75) is 16.7 Å². The standard InChI is InChI=1S/C19H13F3O2S2/c1-4-16(23)25-11-5-6-12(14(20)9-11)13-7-8-15(18(22)17(13)21)26-19(24)10(2)3/h4-9H,1-2H2,3H3. The van der Waals surface area contributed by atoms with Gasteiger partial charge in [-0.25, -0.2) is 13.2 Å². The summed E-state index contributed by atoms with van der Waals surface area (Å²) in [6.45, 7) is 8.23. The van der Waals surface area contributed by atoms with Crippen LogP contribution >= 0.6 is 23.5 Å². The topological polar surface area (TPSA) is 34.1 Å². The summed E-state index contributed by atoms with van der Waals surface area (Å²) in [7, 11) is 0. The van der Waals surface area contributed by atoms with Crippen LogP contribution in [0.2, 0.25) is 0 Å². The minimum Gasteiger partial charge on any atom is -0.282 e. The van der Waals surface area contributed by atoms with Gasteiger partial charge in [0.15, 0.2) is 11.6 Å². The van der Waals surface area contributed by atoms with Gasteiger partial charge >= 0.3 is 0 Å². The number of hydrogen-bond donors (Lipinski definition) is 0. The fourth-order valence-corrected chi connectivity index (χ4v) is 3.24. The Balaban J connectivity index is 2.39. The Bertz CT molecular complexity index is 923. The lowest BCUT2D eigenvalue weighted by Gasteiger charge is -2.10. The molecule has 0 spiro atoms. The smallest absolute Gasteiger partial charge is 0.219 e. The summed E-state index contributed by atoms with van der Waals surface area (Å²) in [5.41, 5.74) is -0.231. The molecule has 0 aliphatic rings. The van der Waals surface area contributed by atoms with Gasteiger partial charge in [0.05, 0.1) is 4.90 Å². The molecule has 0 aliphatic heterocycles. The van der Waals surface area contributed by atoms with Crippen LogP contribution in [-0.2, 0) is 9.59 Å². The molecule has 2 aromatic rings. The molecule has 0 saturated heterocycles. The van der Waals surface area contributed by atoms with Crippen molar-refractivity contribution in [2.75, 3.05) is 0 Å². The average molecular weight is 394 g/mol. The molecule has 0 N–H and O–H groups in total. The van der Waals surface area contributed by atoms with Crippen LogP contribution in [0.15, 0.2) is 64.9 Å². The Morgan fingerprint density at radius 1 is 1.00 bits per heavy atom. The molecule has 2 aromatic carbocycles. The van der Waals surface area contributed by atoms with Gasteiger partial charge in [0.1, 0.15) is 5.82 Å². The van der Waals surface area contributed by atoms with Gasteiger partial charge < -0.3 is 0 Å². The van der Waals surface area contributed by atoms with Gasteiger partial charge in [-0.2, -0.15) is 0 Å². The predicted octanol–water partition coefficient (Wildman–Crippen LogP) is 5.77. The highest BCUT2D eigenvalue weighted by Crippen LogP contribution is 2.34. The lowest BCUT2D eigenvalue weighted by Crippen LogP contribution is -1.98. The lowest BCUT2D eigenvalue weighted by atomic mass is 10.0. The molecule has 2 rings (SSSR count). The largest absolute Gasteiger partial charge is 0.282 e. The molecule has 2 nitrogen and oxygen atoms in total. The van der Waals surface area contributed by atoms with Crippen molar-refractivity contribution in [3.63, 3.8) is 0 Å². The van der Waals surface area contributed by atoms with Crippen LogP contribution in [-0.4, -0.2) is 10.2 Å². The second kappa shape index (κ2) is 8.42. The number of thioether (sulfide) groups is 2. The molecular weight excluding hydrogens is 381 g/mol. The van der Waals surface area contributed by atoms with Crippen molar-refractivity contribution in [1.29, 1.82) is 0 Å². The first kappa shape index (κ1) is 20.1. The molecule has 0 aromatic heterocycles. The number of carbonyl (C=O) groups is 2. The quantitative estimate of drug-likeness (QED) is 0.476. The summed E-state index contributed by atoms with van der Waals surface area (Å²) in [5, 5.41) is -0.853. The second-order valence-corrected chi connectivity index (χ2v) is 7.27. The van der Waals surface area contributed by atoms with E-state index in [-0.39, 0.29) is 26.7 Å². The zero-order chi connectivity index (χ0) is 19.4. The fourth-order valence-electron chi connectivity index (χ4n) is 1.94. The molecule has 0 heterocycles. The highest BCUT2D eigenvalue weighted by molar-refractivity contribution is 8.14. The molecule has 0 bridgehead atoms. The molecule has 0 aliphatic carbocycles. The number of benzene rings is 2. The van der Waals surface area contributed by atoms with Crippen LogP contribution in [0.25, 0.3) is 11.1 Å². The summed E-state index contributed by atoms with van der Waals surface area (Å²) in [6.07, 6.45) is 1.09. The van der Waals surface area contributed by atoms with E-state index in [1.54, 1.807) is 0 Å². The maximum absolute atomic E-state index is 14.4. The minimum absolute atomic E-state index is 0.153. The van der Waals surface area contributed by atoms with Gasteiger partial charge in [0.2, 0.25) is 10.2 Å². The van der Waals surface area contributed by atoms with Crippen LogP contribution in [0, 0.1) is 17.5 Å². The lowest BCUT2D eigenvalue weighted by molar-refractivity contribution is -0.108. The number of hydrogen-bond acceptors (Lipinski definition) is 4. The van der Waals surface area contributed by atoms with Gasteiger partial charge in [-0.05, 0) is 66.4 Å². The Hall–Kier alpha value is -2.25. The van der Waals surface area contributed by atoms with Crippen molar-refractivity contribution in [3.8, 4) is 11.1 Å². The second-order valence-electron chi connectivity index (χ2n) is 5.18. The highest BCUT2D eigenvalue weighted by atomic mass is 32.2. The van der Waals surface area contributed by atoms with Crippen LogP contribution in [0.4, 0.5) is 13.2 Å². The third-order valence-electron chi connectivity index (χ3n) is 3.21. The fraction of sp³-hybridized carbons (Fsp3) is 0.0526. The van der Waals surface area contributed by atoms with Gasteiger partial charge in [-0.1, -0.05) is 19.2 Å². The number of halogens is 3. The molecular formula is C19H13F3O2S2. The minimum atomic E-state index is -1.26. The Labute approximate surface area is 157 Å². The van der Waals surface area contributed by atoms with E-state index in [2.05, 4.69) is 13.2 Å². The third-order valence-corrected chi connectivity index (χ3v) is 5.14. The number of rotatable bonds is 5. The van der Waals surface area contributed by atoms with Crippen LogP contribution in [0.1, 0.15) is 6.92 Å². The van der Waals surface area contributed by atoms with Crippen LogP contribution < -0.4 is 0 Å². The summed E-state index contributed by atoms with van der Waals surface area (Å²) in [4.78, 5) is 23.0. The van der Waals surface area contributed by atoms with Gasteiger partial charge in [-0.3, -0.25) is 9.59 Å². The van der Waals surface area contributed by atoms with Crippen molar-refractivity contribution >= 4 is 33.8 Å². The van der Waals surface area contributed by atoms with E-state index >= 15 is 0 Å². The summed E-state index contributed by atoms with van der Waals surface area (Å²) in [6, 6.07) is 6.16. The van der Waals surface area contributed by atoms with E-state index in [0.29, 0.717) is 16.7 Å². The Morgan fingerprint density at radius 3 is 2.23 bits per heavy atom. The molecule has 0 radical (unpaired) electrons. The summed E-state index contributed by atoms with van der Waals surface area (Å²) < 4.78 is 42.9. The maximum Gasteiger partial charge on any atom is 0.219 e. The summed E-state index contributed by atoms with van der Waals surface area (Å²) in [5.74, 6) is -3.30. The van der Waals surface area contributed by atoms with Crippen molar-refractivity contribution in [2.24, 2.45) is 0 Å². The first-order valence-electron chi connectivity index (χ1n) is 7.24. The van der Waals surface area contributed by atoms with Crippen molar-refractivity contribution in [3.05, 3.63) is 72.6 Å². The monoisotopic (exact) mass is 394 g/mol. The first-order valence-corrected chi connectivity index (χ1v) is 8.87. The zero-order valence-corrected chi connectivity index (χ0v) is 15.3. The zero-order valence-electron chi connectivity index (χ0n) is 13.6. The molecule has 0 atom stereocenters.